The third-order valence-corrected chi connectivity index (χ3v) is 7.68. The minimum Gasteiger partial charge on any atom is -0.444 e. The molecule has 0 spiro atoms. The normalized spacial score (nSPS) is 14.1. The van der Waals surface area contributed by atoms with Gasteiger partial charge in [0, 0.05) is 48.5 Å². The molecule has 1 fully saturated rings. The van der Waals surface area contributed by atoms with E-state index in [2.05, 4.69) is 9.97 Å². The van der Waals surface area contributed by atoms with Crippen LogP contribution in [0.2, 0.25) is 0 Å². The smallest absolute Gasteiger partial charge is 0.420 e. The first-order chi connectivity index (χ1) is 21.3. The molecule has 0 unspecified atom stereocenters. The van der Waals surface area contributed by atoms with E-state index in [1.54, 1.807) is 18.7 Å². The lowest BCUT2D eigenvalue weighted by Crippen LogP contribution is -2.40. The molecular formula is C34H41N7O4. The Labute approximate surface area is 262 Å². The number of rotatable bonds is 7. The van der Waals surface area contributed by atoms with Crippen LogP contribution in [-0.2, 0) is 22.6 Å². The van der Waals surface area contributed by atoms with Crippen molar-refractivity contribution in [2.24, 2.45) is 5.92 Å². The summed E-state index contributed by atoms with van der Waals surface area (Å²) in [6, 6.07) is 7.82. The van der Waals surface area contributed by atoms with Crippen molar-refractivity contribution in [2.45, 2.75) is 85.1 Å². The van der Waals surface area contributed by atoms with E-state index < -0.39 is 17.3 Å². The fourth-order valence-corrected chi connectivity index (χ4v) is 5.40. The lowest BCUT2D eigenvalue weighted by atomic mass is 9.85. The summed E-state index contributed by atoms with van der Waals surface area (Å²) < 4.78 is 16.6. The topological polar surface area (TPSA) is 109 Å². The summed E-state index contributed by atoms with van der Waals surface area (Å²) >= 11 is 0. The summed E-state index contributed by atoms with van der Waals surface area (Å²) in [7, 11) is 0. The minimum absolute atomic E-state index is 0.272. The second-order valence-corrected chi connectivity index (χ2v) is 13.9. The zero-order valence-corrected chi connectivity index (χ0v) is 26.9. The van der Waals surface area contributed by atoms with Crippen LogP contribution in [0, 0.1) is 5.92 Å². The van der Waals surface area contributed by atoms with E-state index in [-0.39, 0.29) is 6.09 Å². The second kappa shape index (κ2) is 11.7. The Morgan fingerprint density at radius 3 is 2.47 bits per heavy atom. The van der Waals surface area contributed by atoms with Crippen LogP contribution < -0.4 is 0 Å². The van der Waals surface area contributed by atoms with Gasteiger partial charge in [-0.2, -0.15) is 0 Å². The predicted molar refractivity (Wildman–Crippen MR) is 171 cm³/mol. The minimum atomic E-state index is -0.596. The Morgan fingerprint density at radius 2 is 1.76 bits per heavy atom. The third kappa shape index (κ3) is 7.19. The number of pyridine rings is 2. The molecule has 1 saturated carbocycles. The molecule has 0 N–H and O–H groups in total. The highest BCUT2D eigenvalue weighted by molar-refractivity contribution is 5.89. The fourth-order valence-electron chi connectivity index (χ4n) is 5.40. The van der Waals surface area contributed by atoms with Crippen molar-refractivity contribution in [3.63, 3.8) is 0 Å². The first-order valence-electron chi connectivity index (χ1n) is 15.5. The Bertz CT molecular complexity index is 1850. The summed E-state index contributed by atoms with van der Waals surface area (Å²) in [5.41, 5.74) is 3.76. The molecule has 6 rings (SSSR count). The highest BCUT2D eigenvalue weighted by atomic mass is 16.6. The van der Waals surface area contributed by atoms with Crippen LogP contribution in [0.25, 0.3) is 27.9 Å². The standard InChI is InChI=1S/C34H41N7O4/c1-33(2,3)44-31(42)40(16-23-8-7-9-23)18-24-10-11-29-37-27(20-39(29)17-24)19-38-21-28(36-22-38)26-14-25-12-13-41(30(25)35-15-26)32(43)45-34(4,5)6/h10-15,17,20-23H,7-9,16,18-19H2,1-6H3. The van der Waals surface area contributed by atoms with Crippen molar-refractivity contribution in [3.8, 4) is 11.3 Å². The Kier molecular flexibility index (Phi) is 7.88. The van der Waals surface area contributed by atoms with E-state index in [1.165, 1.54) is 11.0 Å². The predicted octanol–water partition coefficient (Wildman–Crippen LogP) is 6.92. The number of carbonyl (C=O) groups is 2. The molecule has 5 aromatic rings. The molecule has 0 bridgehead atoms. The number of nitrogens with zero attached hydrogens (tertiary/aromatic N) is 7. The largest absolute Gasteiger partial charge is 0.444 e. The molecule has 5 heterocycles. The van der Waals surface area contributed by atoms with Gasteiger partial charge in [-0.3, -0.25) is 0 Å². The number of amides is 1. The van der Waals surface area contributed by atoms with Gasteiger partial charge in [0.2, 0.25) is 0 Å². The number of ether oxygens (including phenoxy) is 2. The molecular weight excluding hydrogens is 570 g/mol. The molecule has 0 aliphatic heterocycles. The third-order valence-electron chi connectivity index (χ3n) is 7.68. The maximum Gasteiger partial charge on any atom is 0.420 e. The van der Waals surface area contributed by atoms with E-state index in [4.69, 9.17) is 14.5 Å². The number of imidazole rings is 2. The zero-order chi connectivity index (χ0) is 31.9. The molecule has 45 heavy (non-hydrogen) atoms. The van der Waals surface area contributed by atoms with Crippen LogP contribution in [-0.4, -0.2) is 63.3 Å². The summed E-state index contributed by atoms with van der Waals surface area (Å²) in [5.74, 6) is 0.539. The number of hydrogen-bond acceptors (Lipinski definition) is 7. The van der Waals surface area contributed by atoms with E-state index in [1.807, 2.05) is 98.3 Å². The highest BCUT2D eigenvalue weighted by Crippen LogP contribution is 2.29. The number of carbonyl (C=O) groups excluding carboxylic acids is 2. The second-order valence-electron chi connectivity index (χ2n) is 13.9. The van der Waals surface area contributed by atoms with Crippen LogP contribution in [0.3, 0.4) is 0 Å². The maximum atomic E-state index is 13.0. The van der Waals surface area contributed by atoms with Gasteiger partial charge in [0.05, 0.1) is 30.8 Å². The van der Waals surface area contributed by atoms with Crippen molar-refractivity contribution in [1.29, 1.82) is 0 Å². The molecule has 5 aromatic heterocycles. The summed E-state index contributed by atoms with van der Waals surface area (Å²) in [6.45, 7) is 12.9. The van der Waals surface area contributed by atoms with Crippen LogP contribution >= 0.6 is 0 Å². The van der Waals surface area contributed by atoms with Crippen molar-refractivity contribution in [1.82, 2.24) is 33.4 Å². The lowest BCUT2D eigenvalue weighted by molar-refractivity contribution is 0.0172. The molecule has 1 aliphatic carbocycles. The summed E-state index contributed by atoms with van der Waals surface area (Å²) in [5, 5.41) is 0.821. The van der Waals surface area contributed by atoms with Crippen molar-refractivity contribution < 1.29 is 19.1 Å². The molecule has 11 heteroatoms. The van der Waals surface area contributed by atoms with E-state index in [0.29, 0.717) is 31.2 Å². The van der Waals surface area contributed by atoms with Crippen LogP contribution in [0.15, 0.2) is 61.6 Å². The molecule has 236 valence electrons. The van der Waals surface area contributed by atoms with Crippen molar-refractivity contribution >= 4 is 28.9 Å². The van der Waals surface area contributed by atoms with Gasteiger partial charge < -0.3 is 23.3 Å². The monoisotopic (exact) mass is 611 g/mol. The van der Waals surface area contributed by atoms with E-state index in [9.17, 15) is 9.59 Å². The first kappa shape index (κ1) is 30.4. The van der Waals surface area contributed by atoms with Crippen LogP contribution in [0.4, 0.5) is 9.59 Å². The van der Waals surface area contributed by atoms with Crippen molar-refractivity contribution in [3.05, 3.63) is 72.8 Å². The van der Waals surface area contributed by atoms with Gasteiger partial charge in [-0.15, -0.1) is 0 Å². The van der Waals surface area contributed by atoms with Gasteiger partial charge in [-0.25, -0.2) is 29.1 Å². The van der Waals surface area contributed by atoms with Crippen LogP contribution in [0.5, 0.6) is 0 Å². The average Bonchev–Trinajstić information content (AvgIpc) is 3.65. The Hall–Kier alpha value is -4.67. The van der Waals surface area contributed by atoms with Gasteiger partial charge in [0.25, 0.3) is 0 Å². The van der Waals surface area contributed by atoms with Crippen molar-refractivity contribution in [2.75, 3.05) is 6.54 Å². The quantitative estimate of drug-likeness (QED) is 0.197. The highest BCUT2D eigenvalue weighted by Gasteiger charge is 2.27. The molecule has 0 radical (unpaired) electrons. The molecule has 1 aliphatic rings. The number of aromatic nitrogens is 6. The zero-order valence-electron chi connectivity index (χ0n) is 26.9. The fraction of sp³-hybridized carbons (Fsp3) is 0.441. The lowest BCUT2D eigenvalue weighted by Gasteiger charge is -2.33. The van der Waals surface area contributed by atoms with Gasteiger partial charge in [-0.05, 0) is 84.1 Å². The Morgan fingerprint density at radius 1 is 0.978 bits per heavy atom. The van der Waals surface area contributed by atoms with Gasteiger partial charge >= 0.3 is 12.2 Å². The molecule has 0 aromatic carbocycles. The number of fused-ring (bicyclic) bond motifs is 2. The Balaban J connectivity index is 1.15. The van der Waals surface area contributed by atoms with E-state index in [0.717, 1.165) is 46.4 Å². The molecule has 1 amide bonds. The van der Waals surface area contributed by atoms with Gasteiger partial charge in [0.15, 0.2) is 0 Å². The maximum absolute atomic E-state index is 13.0. The van der Waals surface area contributed by atoms with E-state index >= 15 is 0 Å². The molecule has 11 nitrogen and oxygen atoms in total. The van der Waals surface area contributed by atoms with Gasteiger partial charge in [0.1, 0.15) is 22.5 Å². The SMILES string of the molecule is CC(C)(C)OC(=O)N(Cc1ccc2nc(Cn3cnc(-c4cnc5c(ccn5C(=O)OC(C)(C)C)c4)c3)cn2c1)CC1CCC1. The molecule has 0 atom stereocenters. The van der Waals surface area contributed by atoms with Gasteiger partial charge in [-0.1, -0.05) is 12.5 Å². The summed E-state index contributed by atoms with van der Waals surface area (Å²) in [6.07, 6.45) is 14.0. The van der Waals surface area contributed by atoms with Crippen LogP contribution in [0.1, 0.15) is 72.1 Å². The number of hydrogen-bond donors (Lipinski definition) is 0. The summed E-state index contributed by atoms with van der Waals surface area (Å²) in [4.78, 5) is 41.4. The average molecular weight is 612 g/mol. The first-order valence-corrected chi connectivity index (χ1v) is 15.5. The molecule has 0 saturated heterocycles.